The van der Waals surface area contributed by atoms with Crippen LogP contribution in [0.2, 0.25) is 0 Å². The van der Waals surface area contributed by atoms with E-state index in [1.54, 1.807) is 7.11 Å². The van der Waals surface area contributed by atoms with Crippen LogP contribution in [0.1, 0.15) is 18.4 Å². The monoisotopic (exact) mass is 220 g/mol. The Hall–Kier alpha value is -1.71. The molecule has 2 amide bonds. The lowest BCUT2D eigenvalue weighted by atomic mass is 10.2. The maximum atomic E-state index is 11.4. The van der Waals surface area contributed by atoms with Crippen molar-refractivity contribution in [3.05, 3.63) is 29.8 Å². The van der Waals surface area contributed by atoms with Crippen molar-refractivity contribution in [2.75, 3.05) is 7.11 Å². The van der Waals surface area contributed by atoms with Gasteiger partial charge in [-0.1, -0.05) is 12.1 Å². The number of nitrogens with one attached hydrogen (secondary N) is 2. The minimum absolute atomic E-state index is 0.0923. The summed E-state index contributed by atoms with van der Waals surface area (Å²) in [7, 11) is 1.63. The molecular weight excluding hydrogens is 204 g/mol. The van der Waals surface area contributed by atoms with Crippen LogP contribution in [-0.2, 0) is 6.54 Å². The predicted octanol–water partition coefficient (Wildman–Crippen LogP) is 1.66. The highest BCUT2D eigenvalue weighted by Crippen LogP contribution is 2.18. The van der Waals surface area contributed by atoms with Gasteiger partial charge in [-0.3, -0.25) is 0 Å². The summed E-state index contributed by atoms with van der Waals surface area (Å²) in [5.74, 6) is 0.807. The highest BCUT2D eigenvalue weighted by atomic mass is 16.5. The Kier molecular flexibility index (Phi) is 3.29. The quantitative estimate of drug-likeness (QED) is 0.810. The number of hydrogen-bond acceptors (Lipinski definition) is 2. The third-order valence-electron chi connectivity index (χ3n) is 2.50. The third-order valence-corrected chi connectivity index (χ3v) is 2.50. The molecule has 16 heavy (non-hydrogen) atoms. The molecule has 0 aliphatic heterocycles. The lowest BCUT2D eigenvalue weighted by Gasteiger charge is -2.07. The second kappa shape index (κ2) is 4.88. The summed E-state index contributed by atoms with van der Waals surface area (Å²) in [4.78, 5) is 11.4. The van der Waals surface area contributed by atoms with Gasteiger partial charge in [-0.2, -0.15) is 0 Å². The number of hydrogen-bond donors (Lipinski definition) is 2. The van der Waals surface area contributed by atoms with Gasteiger partial charge in [0.15, 0.2) is 0 Å². The first-order valence-corrected chi connectivity index (χ1v) is 5.45. The zero-order chi connectivity index (χ0) is 11.4. The van der Waals surface area contributed by atoms with Crippen molar-refractivity contribution in [3.63, 3.8) is 0 Å². The van der Waals surface area contributed by atoms with Gasteiger partial charge in [0.25, 0.3) is 0 Å². The second-order valence-electron chi connectivity index (χ2n) is 3.95. The largest absolute Gasteiger partial charge is 0.497 e. The SMILES string of the molecule is COc1cccc(CNC(=O)NC2CC2)c1. The van der Waals surface area contributed by atoms with Crippen molar-refractivity contribution >= 4 is 6.03 Å². The average molecular weight is 220 g/mol. The molecule has 0 radical (unpaired) electrons. The van der Waals surface area contributed by atoms with Crippen molar-refractivity contribution in [1.82, 2.24) is 10.6 Å². The number of urea groups is 1. The summed E-state index contributed by atoms with van der Waals surface area (Å²) in [5, 5.41) is 5.69. The lowest BCUT2D eigenvalue weighted by Crippen LogP contribution is -2.36. The molecule has 0 unspecified atom stereocenters. The van der Waals surface area contributed by atoms with Crippen molar-refractivity contribution in [2.45, 2.75) is 25.4 Å². The van der Waals surface area contributed by atoms with Gasteiger partial charge >= 0.3 is 6.03 Å². The standard InChI is InChI=1S/C12H16N2O2/c1-16-11-4-2-3-9(7-11)8-13-12(15)14-10-5-6-10/h2-4,7,10H,5-6,8H2,1H3,(H2,13,14,15). The van der Waals surface area contributed by atoms with Crippen molar-refractivity contribution in [1.29, 1.82) is 0 Å². The summed E-state index contributed by atoms with van der Waals surface area (Å²) in [5.41, 5.74) is 1.03. The van der Waals surface area contributed by atoms with Crippen molar-refractivity contribution in [2.24, 2.45) is 0 Å². The fourth-order valence-electron chi connectivity index (χ4n) is 1.43. The van der Waals surface area contributed by atoms with E-state index in [0.29, 0.717) is 12.6 Å². The van der Waals surface area contributed by atoms with Gasteiger partial charge in [0.2, 0.25) is 0 Å². The molecule has 86 valence electrons. The van der Waals surface area contributed by atoms with Crippen molar-refractivity contribution in [3.8, 4) is 5.75 Å². The molecule has 2 rings (SSSR count). The van der Waals surface area contributed by atoms with Gasteiger partial charge in [0, 0.05) is 12.6 Å². The van der Waals surface area contributed by atoms with Crippen LogP contribution in [0.15, 0.2) is 24.3 Å². The molecule has 0 bridgehead atoms. The molecule has 1 fully saturated rings. The van der Waals surface area contributed by atoms with Gasteiger partial charge in [-0.05, 0) is 30.5 Å². The highest BCUT2D eigenvalue weighted by Gasteiger charge is 2.22. The molecule has 0 spiro atoms. The van der Waals surface area contributed by atoms with Crippen LogP contribution < -0.4 is 15.4 Å². The average Bonchev–Trinajstić information content (AvgIpc) is 3.10. The molecule has 2 N–H and O–H groups in total. The van der Waals surface area contributed by atoms with Gasteiger partial charge in [0.1, 0.15) is 5.75 Å². The number of carbonyl (C=O) groups is 1. The zero-order valence-corrected chi connectivity index (χ0v) is 9.32. The Morgan fingerprint density at radius 2 is 2.31 bits per heavy atom. The number of amides is 2. The molecule has 0 atom stereocenters. The van der Waals surface area contributed by atoms with Gasteiger partial charge < -0.3 is 15.4 Å². The minimum atomic E-state index is -0.0923. The Morgan fingerprint density at radius 1 is 1.50 bits per heavy atom. The molecule has 1 aromatic carbocycles. The second-order valence-corrected chi connectivity index (χ2v) is 3.95. The Bertz CT molecular complexity index is 375. The summed E-state index contributed by atoms with van der Waals surface area (Å²) in [6.45, 7) is 0.524. The third kappa shape index (κ3) is 3.15. The summed E-state index contributed by atoms with van der Waals surface area (Å²) in [6.07, 6.45) is 2.21. The number of methoxy groups -OCH3 is 1. The van der Waals surface area contributed by atoms with E-state index < -0.39 is 0 Å². The van der Waals surface area contributed by atoms with Gasteiger partial charge in [0.05, 0.1) is 7.11 Å². The molecular formula is C12H16N2O2. The molecule has 1 saturated carbocycles. The van der Waals surface area contributed by atoms with E-state index in [0.717, 1.165) is 24.2 Å². The van der Waals surface area contributed by atoms with E-state index >= 15 is 0 Å². The van der Waals surface area contributed by atoms with E-state index in [2.05, 4.69) is 10.6 Å². The predicted molar refractivity (Wildman–Crippen MR) is 61.4 cm³/mol. The van der Waals surface area contributed by atoms with Crippen LogP contribution in [0.3, 0.4) is 0 Å². The smallest absolute Gasteiger partial charge is 0.315 e. The van der Waals surface area contributed by atoms with E-state index in [4.69, 9.17) is 4.74 Å². The van der Waals surface area contributed by atoms with Gasteiger partial charge in [-0.15, -0.1) is 0 Å². The lowest BCUT2D eigenvalue weighted by molar-refractivity contribution is 0.240. The molecule has 0 heterocycles. The first kappa shape index (κ1) is 10.8. The first-order valence-electron chi connectivity index (χ1n) is 5.45. The van der Waals surface area contributed by atoms with Crippen LogP contribution in [0.4, 0.5) is 4.79 Å². The summed E-state index contributed by atoms with van der Waals surface area (Å²) >= 11 is 0. The molecule has 1 aliphatic carbocycles. The van der Waals surface area contributed by atoms with Crippen LogP contribution >= 0.6 is 0 Å². The fourth-order valence-corrected chi connectivity index (χ4v) is 1.43. The van der Waals surface area contributed by atoms with Crippen LogP contribution in [0.25, 0.3) is 0 Å². The molecule has 1 aromatic rings. The number of rotatable bonds is 4. The maximum Gasteiger partial charge on any atom is 0.315 e. The topological polar surface area (TPSA) is 50.4 Å². The maximum absolute atomic E-state index is 11.4. The Balaban J connectivity index is 1.80. The van der Waals surface area contributed by atoms with Crippen molar-refractivity contribution < 1.29 is 9.53 Å². The summed E-state index contributed by atoms with van der Waals surface area (Å²) in [6, 6.07) is 7.97. The number of benzene rings is 1. The fraction of sp³-hybridized carbons (Fsp3) is 0.417. The Labute approximate surface area is 95.0 Å². The van der Waals surface area contributed by atoms with E-state index in [1.165, 1.54) is 0 Å². The van der Waals surface area contributed by atoms with E-state index in [9.17, 15) is 4.79 Å². The van der Waals surface area contributed by atoms with Gasteiger partial charge in [-0.25, -0.2) is 4.79 Å². The number of carbonyl (C=O) groups excluding carboxylic acids is 1. The number of ether oxygens (including phenoxy) is 1. The highest BCUT2D eigenvalue weighted by molar-refractivity contribution is 5.74. The summed E-state index contributed by atoms with van der Waals surface area (Å²) < 4.78 is 5.11. The van der Waals surface area contributed by atoms with E-state index in [-0.39, 0.29) is 6.03 Å². The van der Waals surface area contributed by atoms with Crippen LogP contribution in [-0.4, -0.2) is 19.2 Å². The zero-order valence-electron chi connectivity index (χ0n) is 9.32. The van der Waals surface area contributed by atoms with Crippen LogP contribution in [0.5, 0.6) is 5.75 Å². The normalized spacial score (nSPS) is 14.3. The first-order chi connectivity index (χ1) is 7.78. The minimum Gasteiger partial charge on any atom is -0.497 e. The molecule has 1 aliphatic rings. The van der Waals surface area contributed by atoms with E-state index in [1.807, 2.05) is 24.3 Å². The molecule has 0 aromatic heterocycles. The van der Waals surface area contributed by atoms with Crippen LogP contribution in [0, 0.1) is 0 Å². The molecule has 4 nitrogen and oxygen atoms in total. The Morgan fingerprint density at radius 3 is 3.00 bits per heavy atom. The molecule has 4 heteroatoms. The molecule has 0 saturated heterocycles.